The van der Waals surface area contributed by atoms with E-state index in [1.54, 1.807) is 12.1 Å². The molecule has 2 aromatic carbocycles. The number of nitrogens with zero attached hydrogens (tertiary/aromatic N) is 2. The predicted molar refractivity (Wildman–Crippen MR) is 95.7 cm³/mol. The molecular weight excluding hydrogens is 397 g/mol. The molecule has 0 radical (unpaired) electrons. The van der Waals surface area contributed by atoms with Gasteiger partial charge in [0.25, 0.3) is 11.6 Å². The van der Waals surface area contributed by atoms with E-state index in [2.05, 4.69) is 10.3 Å². The van der Waals surface area contributed by atoms with E-state index < -0.39 is 10.8 Å². The largest absolute Gasteiger partial charge is 0.298 e. The van der Waals surface area contributed by atoms with Gasteiger partial charge >= 0.3 is 0 Å². The summed E-state index contributed by atoms with van der Waals surface area (Å²) in [5.41, 5.74) is 0.205. The number of nitro benzene ring substituents is 1. The van der Waals surface area contributed by atoms with Gasteiger partial charge in [0.2, 0.25) is 0 Å². The van der Waals surface area contributed by atoms with Crippen LogP contribution in [0.3, 0.4) is 0 Å². The number of nitrogens with one attached hydrogen (secondary N) is 1. The highest BCUT2D eigenvalue weighted by Crippen LogP contribution is 2.36. The van der Waals surface area contributed by atoms with Crippen molar-refractivity contribution in [3.05, 3.63) is 61.1 Å². The topological polar surface area (TPSA) is 85.1 Å². The van der Waals surface area contributed by atoms with Crippen molar-refractivity contribution >= 4 is 73.1 Å². The van der Waals surface area contributed by atoms with Gasteiger partial charge in [0.15, 0.2) is 5.13 Å². The monoisotopic (exact) mass is 401 g/mol. The predicted octanol–water partition coefficient (Wildman–Crippen LogP) is 5.42. The second kappa shape index (κ2) is 6.52. The van der Waals surface area contributed by atoms with Gasteiger partial charge in [-0.05, 0) is 18.2 Å². The number of anilines is 1. The number of aromatic nitrogens is 1. The Kier molecular flexibility index (Phi) is 4.60. The Morgan fingerprint density at radius 1 is 1.12 bits per heavy atom. The molecule has 1 N–H and O–H groups in total. The molecule has 6 nitrogen and oxygen atoms in total. The summed E-state index contributed by atoms with van der Waals surface area (Å²) in [5.74, 6) is -0.616. The van der Waals surface area contributed by atoms with Gasteiger partial charge in [0, 0.05) is 12.1 Å². The van der Waals surface area contributed by atoms with Crippen LogP contribution < -0.4 is 5.32 Å². The van der Waals surface area contributed by atoms with E-state index >= 15 is 0 Å². The zero-order valence-corrected chi connectivity index (χ0v) is 14.6. The van der Waals surface area contributed by atoms with Crippen LogP contribution in [0.25, 0.3) is 10.2 Å². The third-order valence-electron chi connectivity index (χ3n) is 3.07. The second-order valence-corrected chi connectivity index (χ2v) is 6.82. The van der Waals surface area contributed by atoms with Crippen molar-refractivity contribution in [3.63, 3.8) is 0 Å². The number of benzene rings is 2. The molecule has 0 saturated heterocycles. The van der Waals surface area contributed by atoms with Crippen LogP contribution in [-0.2, 0) is 0 Å². The molecule has 122 valence electrons. The molecule has 0 saturated carbocycles. The summed E-state index contributed by atoms with van der Waals surface area (Å²) < 4.78 is 0.629. The molecule has 0 bridgehead atoms. The molecule has 0 unspecified atom stereocenters. The quantitative estimate of drug-likeness (QED) is 0.468. The van der Waals surface area contributed by atoms with Crippen molar-refractivity contribution in [2.45, 2.75) is 0 Å². The molecule has 0 spiro atoms. The summed E-state index contributed by atoms with van der Waals surface area (Å²) in [6.45, 7) is 0. The number of fused-ring (bicyclic) bond motifs is 1. The third-order valence-corrected chi connectivity index (χ3v) is 5.14. The van der Waals surface area contributed by atoms with Gasteiger partial charge in [-0.1, -0.05) is 46.1 Å². The Morgan fingerprint density at radius 3 is 2.46 bits per heavy atom. The molecule has 10 heteroatoms. The summed E-state index contributed by atoms with van der Waals surface area (Å²) in [6, 6.07) is 6.85. The summed E-state index contributed by atoms with van der Waals surface area (Å²) in [6.07, 6.45) is 0. The molecule has 0 aliphatic carbocycles. The Labute approximate surface area is 154 Å². The van der Waals surface area contributed by atoms with Gasteiger partial charge in [-0.15, -0.1) is 0 Å². The average Bonchev–Trinajstić information content (AvgIpc) is 2.96. The summed E-state index contributed by atoms with van der Waals surface area (Å²) in [4.78, 5) is 26.8. The lowest BCUT2D eigenvalue weighted by Gasteiger charge is -2.03. The number of non-ortho nitro benzene ring substituents is 1. The van der Waals surface area contributed by atoms with Crippen molar-refractivity contribution in [2.24, 2.45) is 0 Å². The van der Waals surface area contributed by atoms with Crippen molar-refractivity contribution < 1.29 is 9.72 Å². The summed E-state index contributed by atoms with van der Waals surface area (Å²) in [7, 11) is 0. The molecule has 3 aromatic rings. The Bertz CT molecular complexity index is 951. The molecule has 0 atom stereocenters. The van der Waals surface area contributed by atoms with Gasteiger partial charge in [0.05, 0.1) is 30.3 Å². The van der Waals surface area contributed by atoms with Crippen molar-refractivity contribution in [1.82, 2.24) is 4.98 Å². The molecule has 0 aliphatic heterocycles. The zero-order valence-electron chi connectivity index (χ0n) is 11.5. The molecular formula is C14H6Cl3N3O3S. The highest BCUT2D eigenvalue weighted by molar-refractivity contribution is 7.23. The van der Waals surface area contributed by atoms with E-state index in [1.807, 2.05) is 0 Å². The van der Waals surface area contributed by atoms with Crippen molar-refractivity contribution in [2.75, 3.05) is 5.32 Å². The van der Waals surface area contributed by atoms with E-state index in [1.165, 1.54) is 12.1 Å². The lowest BCUT2D eigenvalue weighted by Crippen LogP contribution is -2.12. The molecule has 1 aromatic heterocycles. The van der Waals surface area contributed by atoms with E-state index in [-0.39, 0.29) is 21.4 Å². The minimum atomic E-state index is -0.616. The first kappa shape index (κ1) is 16.9. The van der Waals surface area contributed by atoms with Crippen LogP contribution in [0.2, 0.25) is 15.1 Å². The average molecular weight is 403 g/mol. The molecule has 3 rings (SSSR count). The highest BCUT2D eigenvalue weighted by atomic mass is 35.5. The van der Waals surface area contributed by atoms with Crippen LogP contribution in [0.15, 0.2) is 30.3 Å². The Hall–Kier alpha value is -1.93. The van der Waals surface area contributed by atoms with Crippen LogP contribution in [0.1, 0.15) is 10.4 Å². The first-order valence-corrected chi connectivity index (χ1v) is 8.31. The minimum Gasteiger partial charge on any atom is -0.298 e. The van der Waals surface area contributed by atoms with Gasteiger partial charge in [-0.25, -0.2) is 4.98 Å². The SMILES string of the molecule is O=C(Nc1nc2c(Cl)ccc(Cl)c2s1)c1cc([N+](=O)[O-])ccc1Cl. The molecule has 1 amide bonds. The maximum Gasteiger partial charge on any atom is 0.270 e. The fourth-order valence-corrected chi connectivity index (χ4v) is 3.58. The van der Waals surface area contributed by atoms with E-state index in [0.717, 1.165) is 17.4 Å². The number of hydrogen-bond acceptors (Lipinski definition) is 5. The number of carbonyl (C=O) groups excluding carboxylic acids is 1. The first-order valence-electron chi connectivity index (χ1n) is 6.36. The van der Waals surface area contributed by atoms with Gasteiger partial charge < -0.3 is 0 Å². The van der Waals surface area contributed by atoms with Crippen molar-refractivity contribution in [1.29, 1.82) is 0 Å². The number of amides is 1. The highest BCUT2D eigenvalue weighted by Gasteiger charge is 2.18. The Balaban J connectivity index is 1.96. The Morgan fingerprint density at radius 2 is 1.79 bits per heavy atom. The smallest absolute Gasteiger partial charge is 0.270 e. The second-order valence-electron chi connectivity index (χ2n) is 4.60. The zero-order chi connectivity index (χ0) is 17.4. The number of nitro groups is 1. The third kappa shape index (κ3) is 3.16. The first-order chi connectivity index (χ1) is 11.4. The summed E-state index contributed by atoms with van der Waals surface area (Å²) in [5, 5.41) is 14.6. The van der Waals surface area contributed by atoms with E-state index in [9.17, 15) is 14.9 Å². The fraction of sp³-hybridized carbons (Fsp3) is 0. The molecule has 0 aliphatic rings. The van der Waals surface area contributed by atoms with Crippen LogP contribution in [-0.4, -0.2) is 15.8 Å². The van der Waals surface area contributed by atoms with Gasteiger partial charge in [-0.2, -0.15) is 0 Å². The van der Waals surface area contributed by atoms with E-state index in [4.69, 9.17) is 34.8 Å². The number of halogens is 3. The lowest BCUT2D eigenvalue weighted by molar-refractivity contribution is -0.384. The standard InChI is InChI=1S/C14H6Cl3N3O3S/c15-8-2-1-6(20(22)23)5-7(8)13(21)19-14-18-11-9(16)3-4-10(17)12(11)24-14/h1-5H,(H,18,19,21). The maximum absolute atomic E-state index is 12.3. The number of carbonyl (C=O) groups is 1. The van der Waals surface area contributed by atoms with Crippen LogP contribution in [0.4, 0.5) is 10.8 Å². The molecule has 0 fully saturated rings. The number of thiazole rings is 1. The maximum atomic E-state index is 12.3. The normalized spacial score (nSPS) is 10.8. The minimum absolute atomic E-state index is 0.0256. The number of rotatable bonds is 3. The molecule has 24 heavy (non-hydrogen) atoms. The van der Waals surface area contributed by atoms with Crippen LogP contribution in [0, 0.1) is 10.1 Å². The van der Waals surface area contributed by atoms with Crippen LogP contribution in [0.5, 0.6) is 0 Å². The van der Waals surface area contributed by atoms with Crippen LogP contribution >= 0.6 is 46.1 Å². The number of hydrogen-bond donors (Lipinski definition) is 1. The lowest BCUT2D eigenvalue weighted by atomic mass is 10.2. The molecule has 1 heterocycles. The van der Waals surface area contributed by atoms with Gasteiger partial charge in [-0.3, -0.25) is 20.2 Å². The van der Waals surface area contributed by atoms with Gasteiger partial charge in [0.1, 0.15) is 5.52 Å². The summed E-state index contributed by atoms with van der Waals surface area (Å²) >= 11 is 19.2. The van der Waals surface area contributed by atoms with Crippen molar-refractivity contribution in [3.8, 4) is 0 Å². The van der Waals surface area contributed by atoms with E-state index in [0.29, 0.717) is 20.3 Å². The fourth-order valence-electron chi connectivity index (χ4n) is 1.96.